The molecule has 8 nitrogen and oxygen atoms in total. The molecule has 0 atom stereocenters. The Kier molecular flexibility index (Phi) is 6.79. The first kappa shape index (κ1) is 24.4. The lowest BCUT2D eigenvalue weighted by atomic mass is 10.0. The van der Waals surface area contributed by atoms with Crippen molar-refractivity contribution in [2.24, 2.45) is 0 Å². The van der Waals surface area contributed by atoms with E-state index in [1.54, 1.807) is 10.8 Å². The molecule has 1 aliphatic heterocycles. The Balaban J connectivity index is 1.42. The van der Waals surface area contributed by atoms with Crippen molar-refractivity contribution in [1.29, 1.82) is 0 Å². The van der Waals surface area contributed by atoms with Crippen LogP contribution in [0.1, 0.15) is 68.4 Å². The van der Waals surface area contributed by atoms with Crippen molar-refractivity contribution in [3.8, 4) is 0 Å². The minimum absolute atomic E-state index is 0.0666. The molecule has 0 radical (unpaired) electrons. The van der Waals surface area contributed by atoms with Crippen LogP contribution in [0.25, 0.3) is 11.0 Å². The molecule has 0 bridgehead atoms. The van der Waals surface area contributed by atoms with Crippen LogP contribution >= 0.6 is 0 Å². The topological polar surface area (TPSA) is 83.4 Å². The van der Waals surface area contributed by atoms with E-state index in [0.29, 0.717) is 23.2 Å². The van der Waals surface area contributed by atoms with Gasteiger partial charge >= 0.3 is 0 Å². The molecule has 2 aromatic heterocycles. The molecule has 36 heavy (non-hydrogen) atoms. The van der Waals surface area contributed by atoms with Crippen molar-refractivity contribution >= 4 is 34.1 Å². The first-order valence-corrected chi connectivity index (χ1v) is 13.1. The lowest BCUT2D eigenvalue weighted by Crippen LogP contribution is -2.48. The Morgan fingerprint density at radius 2 is 1.72 bits per heavy atom. The van der Waals surface area contributed by atoms with Crippen molar-refractivity contribution in [1.82, 2.24) is 19.4 Å². The first-order chi connectivity index (χ1) is 17.3. The van der Waals surface area contributed by atoms with Crippen LogP contribution in [-0.4, -0.2) is 57.4 Å². The third-order valence-electron chi connectivity index (χ3n) is 7.78. The number of rotatable bonds is 6. The van der Waals surface area contributed by atoms with Gasteiger partial charge in [-0.2, -0.15) is 4.98 Å². The quantitative estimate of drug-likeness (QED) is 0.504. The minimum atomic E-state index is -0.231. The molecule has 8 heteroatoms. The third kappa shape index (κ3) is 4.62. The average Bonchev–Trinajstić information content (AvgIpc) is 3.39. The van der Waals surface area contributed by atoms with Crippen LogP contribution in [0.4, 0.5) is 17.3 Å². The highest BCUT2D eigenvalue weighted by atomic mass is 16.1. The van der Waals surface area contributed by atoms with Gasteiger partial charge in [0.1, 0.15) is 5.65 Å². The molecule has 2 fully saturated rings. The van der Waals surface area contributed by atoms with Crippen LogP contribution < -0.4 is 15.8 Å². The molecule has 1 aromatic carbocycles. The van der Waals surface area contributed by atoms with E-state index in [2.05, 4.69) is 46.1 Å². The zero-order valence-electron chi connectivity index (χ0n) is 21.8. The number of Topliss-reactive ketones (excluding diaryl/α,β-unsaturated/α-hetero) is 1. The fourth-order valence-corrected chi connectivity index (χ4v) is 5.69. The number of nitrogens with one attached hydrogen (secondary N) is 1. The van der Waals surface area contributed by atoms with Crippen molar-refractivity contribution in [3.05, 3.63) is 51.9 Å². The summed E-state index contributed by atoms with van der Waals surface area (Å²) in [5.41, 5.74) is 3.39. The maximum absolute atomic E-state index is 13.4. The number of hydrogen-bond acceptors (Lipinski definition) is 7. The zero-order chi connectivity index (χ0) is 25.4. The molecule has 3 aromatic rings. The fraction of sp³-hybridized carbons (Fsp3) is 0.500. The van der Waals surface area contributed by atoms with E-state index in [1.807, 2.05) is 19.1 Å². The molecule has 190 valence electrons. The Labute approximate surface area is 212 Å². The van der Waals surface area contributed by atoms with Crippen molar-refractivity contribution in [3.63, 3.8) is 0 Å². The van der Waals surface area contributed by atoms with E-state index in [0.717, 1.165) is 62.9 Å². The van der Waals surface area contributed by atoms with Crippen LogP contribution in [0.3, 0.4) is 0 Å². The lowest BCUT2D eigenvalue weighted by Gasteiger charge is -2.38. The second kappa shape index (κ2) is 10.0. The molecule has 1 saturated carbocycles. The Bertz CT molecular complexity index is 1320. The van der Waals surface area contributed by atoms with Gasteiger partial charge in [-0.25, -0.2) is 4.98 Å². The first-order valence-electron chi connectivity index (χ1n) is 13.1. The number of fused-ring (bicyclic) bond motifs is 1. The van der Waals surface area contributed by atoms with Crippen LogP contribution in [0.5, 0.6) is 0 Å². The van der Waals surface area contributed by atoms with Gasteiger partial charge in [0, 0.05) is 61.2 Å². The third-order valence-corrected chi connectivity index (χ3v) is 7.78. The predicted octanol–water partition coefficient (Wildman–Crippen LogP) is 4.69. The number of aryl methyl sites for hydroxylation is 1. The number of piperazine rings is 1. The van der Waals surface area contributed by atoms with E-state index in [1.165, 1.54) is 12.6 Å². The summed E-state index contributed by atoms with van der Waals surface area (Å²) in [7, 11) is 0. The molecular formula is C28H36N6O2. The molecule has 1 N–H and O–H groups in total. The summed E-state index contributed by atoms with van der Waals surface area (Å²) in [6, 6.07) is 9.01. The summed E-state index contributed by atoms with van der Waals surface area (Å²) in [5, 5.41) is 4.07. The molecule has 1 aliphatic carbocycles. The second-order valence-electron chi connectivity index (χ2n) is 10.4. The van der Waals surface area contributed by atoms with E-state index in [4.69, 9.17) is 4.98 Å². The Hall–Kier alpha value is -3.26. The normalized spacial score (nSPS) is 17.3. The number of benzene rings is 1. The van der Waals surface area contributed by atoms with Gasteiger partial charge in [-0.05, 0) is 70.4 Å². The minimum Gasteiger partial charge on any atom is -0.369 e. The van der Waals surface area contributed by atoms with E-state index < -0.39 is 0 Å². The monoisotopic (exact) mass is 488 g/mol. The van der Waals surface area contributed by atoms with Gasteiger partial charge in [0.2, 0.25) is 5.95 Å². The highest BCUT2D eigenvalue weighted by Gasteiger charge is 2.26. The predicted molar refractivity (Wildman–Crippen MR) is 145 cm³/mol. The van der Waals surface area contributed by atoms with Crippen molar-refractivity contribution in [2.75, 3.05) is 36.4 Å². The van der Waals surface area contributed by atoms with E-state index in [9.17, 15) is 9.59 Å². The number of anilines is 3. The zero-order valence-corrected chi connectivity index (χ0v) is 21.8. The number of carbonyl (C=O) groups is 1. The summed E-state index contributed by atoms with van der Waals surface area (Å²) in [4.78, 5) is 40.0. The van der Waals surface area contributed by atoms with Gasteiger partial charge in [-0.3, -0.25) is 19.1 Å². The maximum Gasteiger partial charge on any atom is 0.263 e. The second-order valence-corrected chi connectivity index (χ2v) is 10.4. The van der Waals surface area contributed by atoms with Gasteiger partial charge in [0.15, 0.2) is 5.78 Å². The smallest absolute Gasteiger partial charge is 0.263 e. The van der Waals surface area contributed by atoms with Gasteiger partial charge in [-0.15, -0.1) is 0 Å². The highest BCUT2D eigenvalue weighted by Crippen LogP contribution is 2.32. The number of carbonyl (C=O) groups excluding carboxylic acids is 1. The molecule has 3 heterocycles. The number of pyridine rings is 1. The Morgan fingerprint density at radius 1 is 1.06 bits per heavy atom. The van der Waals surface area contributed by atoms with E-state index >= 15 is 0 Å². The van der Waals surface area contributed by atoms with Gasteiger partial charge < -0.3 is 10.2 Å². The maximum atomic E-state index is 13.4. The number of ketones is 1. The fourth-order valence-electron chi connectivity index (χ4n) is 5.69. The van der Waals surface area contributed by atoms with Gasteiger partial charge in [0.05, 0.1) is 5.56 Å². The number of aromatic nitrogens is 3. The molecule has 2 aliphatic rings. The van der Waals surface area contributed by atoms with Gasteiger partial charge in [-0.1, -0.05) is 12.8 Å². The molecule has 0 unspecified atom stereocenters. The summed E-state index contributed by atoms with van der Waals surface area (Å²) in [6.07, 6.45) is 5.75. The molecule has 5 rings (SSSR count). The highest BCUT2D eigenvalue weighted by molar-refractivity contribution is 5.99. The van der Waals surface area contributed by atoms with Gasteiger partial charge in [0.25, 0.3) is 5.56 Å². The van der Waals surface area contributed by atoms with Crippen LogP contribution in [0.15, 0.2) is 35.3 Å². The average molecular weight is 489 g/mol. The summed E-state index contributed by atoms with van der Waals surface area (Å²) >= 11 is 0. The van der Waals surface area contributed by atoms with Crippen LogP contribution in [0, 0.1) is 6.92 Å². The molecule has 0 spiro atoms. The van der Waals surface area contributed by atoms with Crippen molar-refractivity contribution in [2.45, 2.75) is 65.5 Å². The molecule has 0 amide bonds. The number of hydrogen-bond donors (Lipinski definition) is 1. The number of nitrogens with zero attached hydrogens (tertiary/aromatic N) is 5. The summed E-state index contributed by atoms with van der Waals surface area (Å²) < 4.78 is 1.75. The summed E-state index contributed by atoms with van der Waals surface area (Å²) in [6.45, 7) is 12.0. The largest absolute Gasteiger partial charge is 0.369 e. The van der Waals surface area contributed by atoms with Crippen molar-refractivity contribution < 1.29 is 4.79 Å². The van der Waals surface area contributed by atoms with Crippen LogP contribution in [0.2, 0.25) is 0 Å². The lowest BCUT2D eigenvalue weighted by molar-refractivity contribution is 0.101. The standard InChI is InChI=1S/C28H36N6O2/c1-18(2)32-13-15-33(16-14-32)22-11-9-21(10-12-22)30-28-29-17-24-19(3)25(20(4)35)27(36)34(26(24)31-28)23-7-5-6-8-23/h9-12,17-18,23H,5-8,13-16H2,1-4H3,(H,29,30,31). The van der Waals surface area contributed by atoms with E-state index in [-0.39, 0.29) is 22.9 Å². The Morgan fingerprint density at radius 3 is 2.33 bits per heavy atom. The van der Waals surface area contributed by atoms with Crippen LogP contribution in [-0.2, 0) is 0 Å². The molecule has 1 saturated heterocycles. The molecular weight excluding hydrogens is 452 g/mol. The SMILES string of the molecule is CC(=O)c1c(C)c2cnc(Nc3ccc(N4CCN(C(C)C)CC4)cc3)nc2n(C2CCCC2)c1=O. The summed E-state index contributed by atoms with van der Waals surface area (Å²) in [5.74, 6) is 0.237.